The summed E-state index contributed by atoms with van der Waals surface area (Å²) in [5.74, 6) is -0.478. The number of nitrogens with one attached hydrogen (secondary N) is 1. The van der Waals surface area contributed by atoms with Crippen molar-refractivity contribution in [3.05, 3.63) is 88.3 Å². The Bertz CT molecular complexity index is 1170. The third kappa shape index (κ3) is 2.68. The first-order chi connectivity index (χ1) is 12.1. The maximum Gasteiger partial charge on any atom is 0.349 e. The molecule has 0 spiro atoms. The molecule has 0 saturated carbocycles. The Labute approximate surface area is 143 Å². The number of amides is 1. The highest BCUT2D eigenvalue weighted by atomic mass is 16.4. The highest BCUT2D eigenvalue weighted by Crippen LogP contribution is 2.24. The molecule has 0 aliphatic rings. The molecule has 0 saturated heterocycles. The molecule has 0 unspecified atom stereocenters. The lowest BCUT2D eigenvalue weighted by Crippen LogP contribution is -2.20. The first-order valence-corrected chi connectivity index (χ1v) is 7.96. The van der Waals surface area contributed by atoms with Crippen molar-refractivity contribution in [2.24, 2.45) is 0 Å². The van der Waals surface area contributed by atoms with Crippen LogP contribution in [0.15, 0.2) is 75.9 Å². The van der Waals surface area contributed by atoms with Gasteiger partial charge in [-0.25, -0.2) is 4.79 Å². The molecule has 0 atom stereocenters. The van der Waals surface area contributed by atoms with Crippen molar-refractivity contribution >= 4 is 33.3 Å². The van der Waals surface area contributed by atoms with Crippen molar-refractivity contribution in [1.82, 2.24) is 0 Å². The van der Waals surface area contributed by atoms with Crippen molar-refractivity contribution in [3.8, 4) is 0 Å². The quantitative estimate of drug-likeness (QED) is 0.551. The maximum atomic E-state index is 12.6. The summed E-state index contributed by atoms with van der Waals surface area (Å²) in [6.45, 7) is 1.86. The lowest BCUT2D eigenvalue weighted by molar-refractivity contribution is 0.102. The van der Waals surface area contributed by atoms with Gasteiger partial charge in [0.25, 0.3) is 5.91 Å². The molecule has 0 fully saturated rings. The molecule has 0 aliphatic carbocycles. The lowest BCUT2D eigenvalue weighted by atomic mass is 10.1. The second kappa shape index (κ2) is 5.91. The molecule has 0 bridgehead atoms. The topological polar surface area (TPSA) is 59.3 Å². The van der Waals surface area contributed by atoms with Crippen LogP contribution in [0.2, 0.25) is 0 Å². The largest absolute Gasteiger partial charge is 0.422 e. The average Bonchev–Trinajstić information content (AvgIpc) is 2.62. The lowest BCUT2D eigenvalue weighted by Gasteiger charge is -2.09. The van der Waals surface area contributed by atoms with Crippen molar-refractivity contribution in [3.63, 3.8) is 0 Å². The molecular weight excluding hydrogens is 314 g/mol. The van der Waals surface area contributed by atoms with Gasteiger partial charge in [0.05, 0.1) is 0 Å². The van der Waals surface area contributed by atoms with Gasteiger partial charge in [-0.2, -0.15) is 0 Å². The predicted octanol–water partition coefficient (Wildman–Crippen LogP) is 4.51. The van der Waals surface area contributed by atoms with Gasteiger partial charge in [0, 0.05) is 16.5 Å². The number of para-hydroxylation sites is 1. The van der Waals surface area contributed by atoms with Crippen LogP contribution in [-0.4, -0.2) is 5.91 Å². The molecule has 122 valence electrons. The van der Waals surface area contributed by atoms with E-state index in [9.17, 15) is 9.59 Å². The molecule has 1 heterocycles. The van der Waals surface area contributed by atoms with E-state index in [1.807, 2.05) is 67.6 Å². The van der Waals surface area contributed by atoms with Gasteiger partial charge in [-0.05, 0) is 30.0 Å². The first kappa shape index (κ1) is 15.1. The summed E-state index contributed by atoms with van der Waals surface area (Å²) in [6, 6.07) is 20.5. The van der Waals surface area contributed by atoms with E-state index in [-0.39, 0.29) is 5.56 Å². The fraction of sp³-hybridized carbons (Fsp3) is 0.0476. The Balaban J connectivity index is 1.77. The summed E-state index contributed by atoms with van der Waals surface area (Å²) in [7, 11) is 0. The third-order valence-electron chi connectivity index (χ3n) is 4.24. The normalized spacial score (nSPS) is 10.9. The minimum absolute atomic E-state index is 0.00830. The summed E-state index contributed by atoms with van der Waals surface area (Å²) in [6.07, 6.45) is 0. The number of aryl methyl sites for hydroxylation is 1. The minimum atomic E-state index is -0.639. The van der Waals surface area contributed by atoms with E-state index in [1.165, 1.54) is 0 Å². The zero-order chi connectivity index (χ0) is 17.4. The van der Waals surface area contributed by atoms with Gasteiger partial charge in [-0.1, -0.05) is 54.6 Å². The Kier molecular flexibility index (Phi) is 3.58. The monoisotopic (exact) mass is 329 g/mol. The molecule has 3 aromatic carbocycles. The van der Waals surface area contributed by atoms with Crippen molar-refractivity contribution in [2.75, 3.05) is 5.32 Å². The summed E-state index contributed by atoms with van der Waals surface area (Å²) in [5, 5.41) is 5.48. The Hall–Kier alpha value is -3.40. The molecule has 4 aromatic rings. The smallest absolute Gasteiger partial charge is 0.349 e. The van der Waals surface area contributed by atoms with Gasteiger partial charge >= 0.3 is 5.63 Å². The number of benzene rings is 3. The molecule has 1 N–H and O–H groups in total. The van der Waals surface area contributed by atoms with Crippen molar-refractivity contribution < 1.29 is 9.21 Å². The van der Waals surface area contributed by atoms with Crippen molar-refractivity contribution in [2.45, 2.75) is 6.92 Å². The van der Waals surface area contributed by atoms with Gasteiger partial charge < -0.3 is 9.73 Å². The van der Waals surface area contributed by atoms with Crippen LogP contribution in [0, 0.1) is 6.92 Å². The molecular formula is C21H15NO3. The summed E-state index contributed by atoms with van der Waals surface area (Å²) in [5.41, 5.74) is 1.38. The Morgan fingerprint density at radius 1 is 0.920 bits per heavy atom. The number of anilines is 1. The van der Waals surface area contributed by atoms with E-state index in [0.717, 1.165) is 21.7 Å². The standard InChI is InChI=1S/C21H15NO3/c1-13-6-4-9-15-12-17(21(24)25-19(13)15)20(23)22-18-11-5-8-14-7-2-3-10-16(14)18/h2-12H,1H3,(H,22,23). The molecule has 25 heavy (non-hydrogen) atoms. The Morgan fingerprint density at radius 3 is 2.52 bits per heavy atom. The van der Waals surface area contributed by atoms with Crippen LogP contribution in [0.3, 0.4) is 0 Å². The number of hydrogen-bond donors (Lipinski definition) is 1. The molecule has 4 nitrogen and oxygen atoms in total. The van der Waals surface area contributed by atoms with Crippen molar-refractivity contribution in [1.29, 1.82) is 0 Å². The second-order valence-electron chi connectivity index (χ2n) is 5.92. The zero-order valence-corrected chi connectivity index (χ0v) is 13.6. The number of rotatable bonds is 2. The van der Waals surface area contributed by atoms with Gasteiger partial charge in [-0.3, -0.25) is 4.79 Å². The molecule has 1 aromatic heterocycles. The molecule has 0 aliphatic heterocycles. The highest BCUT2D eigenvalue weighted by molar-refractivity contribution is 6.09. The van der Waals surface area contributed by atoms with Gasteiger partial charge in [0.1, 0.15) is 11.1 Å². The van der Waals surface area contributed by atoms with Gasteiger partial charge in [0.2, 0.25) is 0 Å². The number of hydrogen-bond acceptors (Lipinski definition) is 3. The van der Waals surface area contributed by atoms with E-state index >= 15 is 0 Å². The van der Waals surface area contributed by atoms with E-state index in [4.69, 9.17) is 4.42 Å². The van der Waals surface area contributed by atoms with E-state index in [0.29, 0.717) is 11.3 Å². The van der Waals surface area contributed by atoms with Crippen LogP contribution in [0.25, 0.3) is 21.7 Å². The van der Waals surface area contributed by atoms with E-state index < -0.39 is 11.5 Å². The minimum Gasteiger partial charge on any atom is -0.422 e. The average molecular weight is 329 g/mol. The number of fused-ring (bicyclic) bond motifs is 2. The van der Waals surface area contributed by atoms with Crippen LogP contribution in [0.1, 0.15) is 15.9 Å². The SMILES string of the molecule is Cc1cccc2cc(C(=O)Nc3cccc4ccccc34)c(=O)oc12. The fourth-order valence-electron chi connectivity index (χ4n) is 2.97. The van der Waals surface area contributed by atoms with Gasteiger partial charge in [0.15, 0.2) is 0 Å². The van der Waals surface area contributed by atoms with Gasteiger partial charge in [-0.15, -0.1) is 0 Å². The van der Waals surface area contributed by atoms with Crippen LogP contribution >= 0.6 is 0 Å². The van der Waals surface area contributed by atoms with Crippen LogP contribution < -0.4 is 10.9 Å². The summed E-state index contributed by atoms with van der Waals surface area (Å²) in [4.78, 5) is 24.9. The van der Waals surface area contributed by atoms with E-state index in [2.05, 4.69) is 5.32 Å². The van der Waals surface area contributed by atoms with E-state index in [1.54, 1.807) is 6.07 Å². The van der Waals surface area contributed by atoms with Crippen LogP contribution in [0.5, 0.6) is 0 Å². The van der Waals surface area contributed by atoms with Crippen LogP contribution in [0.4, 0.5) is 5.69 Å². The number of carbonyl (C=O) groups is 1. The Morgan fingerprint density at radius 2 is 1.64 bits per heavy atom. The predicted molar refractivity (Wildman–Crippen MR) is 99.1 cm³/mol. The molecule has 1 amide bonds. The zero-order valence-electron chi connectivity index (χ0n) is 13.6. The summed E-state index contributed by atoms with van der Waals surface area (Å²) >= 11 is 0. The third-order valence-corrected chi connectivity index (χ3v) is 4.24. The molecule has 4 heteroatoms. The first-order valence-electron chi connectivity index (χ1n) is 7.96. The highest BCUT2D eigenvalue weighted by Gasteiger charge is 2.15. The molecule has 4 rings (SSSR count). The molecule has 0 radical (unpaired) electrons. The maximum absolute atomic E-state index is 12.6. The second-order valence-corrected chi connectivity index (χ2v) is 5.92. The summed E-state index contributed by atoms with van der Waals surface area (Å²) < 4.78 is 5.35. The van der Waals surface area contributed by atoms with Crippen LogP contribution in [-0.2, 0) is 0 Å². The fourth-order valence-corrected chi connectivity index (χ4v) is 2.97. The number of carbonyl (C=O) groups excluding carboxylic acids is 1.